The maximum atomic E-state index is 12.2. The van der Waals surface area contributed by atoms with Crippen LogP contribution in [0.25, 0.3) is 0 Å². The highest BCUT2D eigenvalue weighted by atomic mass is 35.7. The second-order valence-corrected chi connectivity index (χ2v) is 7.32. The molecule has 1 atom stereocenters. The van der Waals surface area contributed by atoms with E-state index in [9.17, 15) is 14.7 Å². The van der Waals surface area contributed by atoms with Gasteiger partial charge in [0.25, 0.3) is 0 Å². The van der Waals surface area contributed by atoms with E-state index in [0.717, 1.165) is 0 Å². The molecule has 0 radical (unpaired) electrons. The molecule has 0 aliphatic heterocycles. The second kappa shape index (κ2) is 8.22. The average Bonchev–Trinajstić information content (AvgIpc) is 2.85. The Bertz CT molecular complexity index is 492. The van der Waals surface area contributed by atoms with Crippen LogP contribution < -0.4 is 0 Å². The van der Waals surface area contributed by atoms with Gasteiger partial charge in [-0.25, -0.2) is 4.67 Å². The summed E-state index contributed by atoms with van der Waals surface area (Å²) in [5.74, 6) is 0.146. The molecule has 0 saturated heterocycles. The molecule has 0 saturated carbocycles. The molecule has 1 heterocycles. The van der Waals surface area contributed by atoms with Crippen molar-refractivity contribution in [1.29, 1.82) is 0 Å². The summed E-state index contributed by atoms with van der Waals surface area (Å²) in [5, 5.41) is 10.4. The summed E-state index contributed by atoms with van der Waals surface area (Å²) in [6, 6.07) is 2.52. The van der Waals surface area contributed by atoms with Crippen molar-refractivity contribution >= 4 is 47.2 Å². The Hall–Kier alpha value is -0.300. The number of hydrogen-bond acceptors (Lipinski definition) is 5. The minimum atomic E-state index is -3.61. The molecule has 11 heteroatoms. The predicted octanol–water partition coefficient (Wildman–Crippen LogP) is 3.83. The number of furan rings is 1. The maximum Gasteiger partial charge on any atom is 0.433 e. The molecular weight excluding hydrogens is 353 g/mol. The Balaban J connectivity index is 2.64. The van der Waals surface area contributed by atoms with Crippen molar-refractivity contribution in [3.63, 3.8) is 0 Å². The Labute approximate surface area is 130 Å². The molecule has 1 aromatic heterocycles. The van der Waals surface area contributed by atoms with Gasteiger partial charge in [-0.05, 0) is 17.3 Å². The number of alkyl halides is 2. The Morgan fingerprint density at radius 1 is 1.35 bits per heavy atom. The normalized spacial score (nSPS) is 14.4. The van der Waals surface area contributed by atoms with Gasteiger partial charge < -0.3 is 4.42 Å². The quantitative estimate of drug-likeness (QED) is 0.286. The summed E-state index contributed by atoms with van der Waals surface area (Å²) < 4.78 is 23.5. The van der Waals surface area contributed by atoms with Crippen LogP contribution in [0.1, 0.15) is 5.76 Å². The Morgan fingerprint density at radius 2 is 1.95 bits per heavy atom. The van der Waals surface area contributed by atoms with E-state index in [1.807, 2.05) is 0 Å². The highest BCUT2D eigenvalue weighted by molar-refractivity contribution is 7.83. The number of nitrogens with zero attached hydrogens (tertiary/aromatic N) is 2. The standard InChI is InChI=1S/C9H12Cl3N2O5P/c10-3-5-13(6-4-11)20(12,17)18-7-8-1-2-9(19-8)14(15)16/h1-2H,3-7H2. The Kier molecular flexibility index (Phi) is 7.29. The van der Waals surface area contributed by atoms with Gasteiger partial charge in [-0.2, -0.15) is 0 Å². The highest BCUT2D eigenvalue weighted by Gasteiger charge is 2.29. The predicted molar refractivity (Wildman–Crippen MR) is 76.6 cm³/mol. The van der Waals surface area contributed by atoms with Crippen LogP contribution >= 0.6 is 41.3 Å². The molecule has 114 valence electrons. The average molecular weight is 366 g/mol. The second-order valence-electron chi connectivity index (χ2n) is 3.55. The third-order valence-electron chi connectivity index (χ3n) is 2.22. The van der Waals surface area contributed by atoms with Gasteiger partial charge in [-0.15, -0.1) is 23.2 Å². The lowest BCUT2D eigenvalue weighted by Gasteiger charge is -2.24. The van der Waals surface area contributed by atoms with E-state index in [2.05, 4.69) is 0 Å². The minimum absolute atomic E-state index is 0.147. The molecule has 1 unspecified atom stereocenters. The van der Waals surface area contributed by atoms with Crippen LogP contribution in [0.5, 0.6) is 0 Å². The fraction of sp³-hybridized carbons (Fsp3) is 0.556. The van der Waals surface area contributed by atoms with E-state index < -0.39 is 17.7 Å². The van der Waals surface area contributed by atoms with Gasteiger partial charge >= 0.3 is 12.8 Å². The molecule has 0 amide bonds. The van der Waals surface area contributed by atoms with Crippen LogP contribution in [-0.2, 0) is 15.7 Å². The summed E-state index contributed by atoms with van der Waals surface area (Å²) in [5.41, 5.74) is 0. The van der Waals surface area contributed by atoms with Gasteiger partial charge in [0, 0.05) is 24.8 Å². The lowest BCUT2D eigenvalue weighted by Crippen LogP contribution is -2.24. The van der Waals surface area contributed by atoms with Gasteiger partial charge in [-0.1, -0.05) is 0 Å². The number of nitro groups is 1. The van der Waals surface area contributed by atoms with Crippen LogP contribution in [0.2, 0.25) is 0 Å². The first-order chi connectivity index (χ1) is 9.40. The van der Waals surface area contributed by atoms with Gasteiger partial charge in [0.15, 0.2) is 0 Å². The Morgan fingerprint density at radius 3 is 2.40 bits per heavy atom. The number of rotatable bonds is 9. The summed E-state index contributed by atoms with van der Waals surface area (Å²) in [7, 11) is 0. The fourth-order valence-corrected chi connectivity index (χ4v) is 3.68. The zero-order chi connectivity index (χ0) is 15.2. The molecule has 0 fully saturated rings. The lowest BCUT2D eigenvalue weighted by molar-refractivity contribution is -0.402. The smallest absolute Gasteiger partial charge is 0.403 e. The van der Waals surface area contributed by atoms with Gasteiger partial charge in [0.1, 0.15) is 17.3 Å². The van der Waals surface area contributed by atoms with E-state index in [-0.39, 0.29) is 37.2 Å². The van der Waals surface area contributed by atoms with E-state index in [0.29, 0.717) is 0 Å². The zero-order valence-corrected chi connectivity index (χ0v) is 13.4. The van der Waals surface area contributed by atoms with Gasteiger partial charge in [0.05, 0.1) is 6.07 Å². The lowest BCUT2D eigenvalue weighted by atomic mass is 10.5. The van der Waals surface area contributed by atoms with Crippen LogP contribution in [-0.4, -0.2) is 34.4 Å². The zero-order valence-electron chi connectivity index (χ0n) is 10.2. The third kappa shape index (κ3) is 5.24. The van der Waals surface area contributed by atoms with E-state index in [1.54, 1.807) is 0 Å². The van der Waals surface area contributed by atoms with E-state index in [1.165, 1.54) is 16.8 Å². The molecule has 0 aromatic carbocycles. The first-order valence-electron chi connectivity index (χ1n) is 5.45. The molecular formula is C9H12Cl3N2O5P. The van der Waals surface area contributed by atoms with Crippen LogP contribution in [0.3, 0.4) is 0 Å². The largest absolute Gasteiger partial charge is 0.433 e. The molecule has 0 N–H and O–H groups in total. The molecule has 20 heavy (non-hydrogen) atoms. The molecule has 0 bridgehead atoms. The first-order valence-corrected chi connectivity index (χ1v) is 9.00. The molecule has 0 aliphatic rings. The maximum absolute atomic E-state index is 12.2. The van der Waals surface area contributed by atoms with Crippen LogP contribution in [0.15, 0.2) is 16.5 Å². The summed E-state index contributed by atoms with van der Waals surface area (Å²) in [6.45, 7) is -3.38. The third-order valence-corrected chi connectivity index (χ3v) is 5.01. The fourth-order valence-electron chi connectivity index (χ4n) is 1.31. The molecule has 0 spiro atoms. The molecule has 0 aliphatic carbocycles. The van der Waals surface area contributed by atoms with E-state index >= 15 is 0 Å². The number of hydrogen-bond donors (Lipinski definition) is 0. The molecule has 1 aromatic rings. The van der Waals surface area contributed by atoms with Crippen molar-refractivity contribution in [3.05, 3.63) is 28.0 Å². The van der Waals surface area contributed by atoms with Crippen molar-refractivity contribution in [2.75, 3.05) is 24.8 Å². The van der Waals surface area contributed by atoms with Crippen molar-refractivity contribution in [1.82, 2.24) is 4.67 Å². The van der Waals surface area contributed by atoms with Crippen molar-refractivity contribution < 1.29 is 18.4 Å². The summed E-state index contributed by atoms with van der Waals surface area (Å²) in [6.07, 6.45) is 0. The SMILES string of the molecule is O=[N+]([O-])c1ccc(COP(=O)(Cl)N(CCCl)CCCl)o1. The molecule has 7 nitrogen and oxygen atoms in total. The summed E-state index contributed by atoms with van der Waals surface area (Å²) >= 11 is 17.0. The molecule has 1 rings (SSSR count). The summed E-state index contributed by atoms with van der Waals surface area (Å²) in [4.78, 5) is 9.76. The van der Waals surface area contributed by atoms with Crippen molar-refractivity contribution in [2.45, 2.75) is 6.61 Å². The van der Waals surface area contributed by atoms with Crippen LogP contribution in [0, 0.1) is 10.1 Å². The van der Waals surface area contributed by atoms with Gasteiger partial charge in [0.2, 0.25) is 0 Å². The van der Waals surface area contributed by atoms with Crippen LogP contribution in [0.4, 0.5) is 5.88 Å². The number of halogens is 3. The first kappa shape index (κ1) is 17.8. The van der Waals surface area contributed by atoms with E-state index in [4.69, 9.17) is 43.4 Å². The topological polar surface area (TPSA) is 85.8 Å². The highest BCUT2D eigenvalue weighted by Crippen LogP contribution is 2.56. The van der Waals surface area contributed by atoms with Crippen molar-refractivity contribution in [2.24, 2.45) is 0 Å². The van der Waals surface area contributed by atoms with Crippen molar-refractivity contribution in [3.8, 4) is 0 Å². The van der Waals surface area contributed by atoms with Gasteiger partial charge in [-0.3, -0.25) is 19.2 Å². The minimum Gasteiger partial charge on any atom is -0.403 e. The monoisotopic (exact) mass is 364 g/mol.